The predicted molar refractivity (Wildman–Crippen MR) is 88.1 cm³/mol. The van der Waals surface area contributed by atoms with E-state index >= 15 is 0 Å². The lowest BCUT2D eigenvalue weighted by atomic mass is 10.2. The summed E-state index contributed by atoms with van der Waals surface area (Å²) in [7, 11) is 0. The van der Waals surface area contributed by atoms with E-state index in [4.69, 9.17) is 5.11 Å². The number of hydrogen-bond donors (Lipinski definition) is 1. The molecule has 1 saturated heterocycles. The molecule has 0 unspecified atom stereocenters. The van der Waals surface area contributed by atoms with Crippen molar-refractivity contribution in [2.24, 2.45) is 0 Å². The van der Waals surface area contributed by atoms with E-state index in [0.717, 1.165) is 35.9 Å². The fraction of sp³-hybridized carbons (Fsp3) is 0.250. The fourth-order valence-electron chi connectivity index (χ4n) is 2.34. The lowest BCUT2D eigenvalue weighted by Gasteiger charge is -2.14. The van der Waals surface area contributed by atoms with E-state index in [0.29, 0.717) is 4.88 Å². The average Bonchev–Trinajstić information content (AvgIpc) is 3.24. The van der Waals surface area contributed by atoms with Crippen molar-refractivity contribution in [3.8, 4) is 0 Å². The van der Waals surface area contributed by atoms with E-state index in [1.807, 2.05) is 0 Å². The Balaban J connectivity index is 1.66. The van der Waals surface area contributed by atoms with E-state index in [2.05, 4.69) is 14.9 Å². The minimum atomic E-state index is -1.02. The van der Waals surface area contributed by atoms with Crippen LogP contribution >= 0.6 is 11.3 Å². The summed E-state index contributed by atoms with van der Waals surface area (Å²) < 4.78 is 0. The van der Waals surface area contributed by atoms with Crippen molar-refractivity contribution < 1.29 is 14.7 Å². The van der Waals surface area contributed by atoms with Crippen LogP contribution in [0.3, 0.4) is 0 Å². The normalized spacial score (nSPS) is 14.5. The number of aromatic carboxylic acids is 1. The quantitative estimate of drug-likeness (QED) is 0.671. The molecule has 2 aromatic heterocycles. The lowest BCUT2D eigenvalue weighted by Crippen LogP contribution is -2.20. The molecule has 23 heavy (non-hydrogen) atoms. The standard InChI is InChI=1S/C16H15N3O3S/c20-12(13-5-6-14(23-13)15(21)22)4-3-11-9-17-16(18-10-11)19-7-1-2-8-19/h3-6,9-10H,1-2,7-8H2,(H,21,22). The Labute approximate surface area is 137 Å². The fourth-order valence-corrected chi connectivity index (χ4v) is 3.10. The Kier molecular flexibility index (Phi) is 4.47. The first-order valence-corrected chi connectivity index (χ1v) is 8.07. The van der Waals surface area contributed by atoms with Crippen molar-refractivity contribution in [3.05, 3.63) is 45.9 Å². The first-order chi connectivity index (χ1) is 11.1. The molecule has 0 bridgehead atoms. The number of allylic oxidation sites excluding steroid dienone is 1. The number of thiophene rings is 1. The molecule has 0 aliphatic carbocycles. The van der Waals surface area contributed by atoms with Crippen LogP contribution < -0.4 is 4.90 Å². The molecular formula is C16H15N3O3S. The number of carbonyl (C=O) groups is 2. The highest BCUT2D eigenvalue weighted by molar-refractivity contribution is 7.16. The predicted octanol–water partition coefficient (Wildman–Crippen LogP) is 2.73. The number of rotatable bonds is 5. The third-order valence-electron chi connectivity index (χ3n) is 3.53. The maximum Gasteiger partial charge on any atom is 0.345 e. The van der Waals surface area contributed by atoms with Crippen LogP contribution in [0.5, 0.6) is 0 Å². The highest BCUT2D eigenvalue weighted by Crippen LogP contribution is 2.18. The first kappa shape index (κ1) is 15.4. The van der Waals surface area contributed by atoms with Crippen LogP contribution in [0.15, 0.2) is 30.6 Å². The van der Waals surface area contributed by atoms with Gasteiger partial charge in [-0.3, -0.25) is 4.79 Å². The molecule has 1 aliphatic rings. The molecule has 3 rings (SSSR count). The van der Waals surface area contributed by atoms with Gasteiger partial charge in [-0.1, -0.05) is 0 Å². The van der Waals surface area contributed by atoms with Crippen molar-refractivity contribution in [2.75, 3.05) is 18.0 Å². The van der Waals surface area contributed by atoms with Crippen LogP contribution in [-0.4, -0.2) is 39.9 Å². The van der Waals surface area contributed by atoms with Crippen LogP contribution in [0.2, 0.25) is 0 Å². The van der Waals surface area contributed by atoms with E-state index < -0.39 is 5.97 Å². The highest BCUT2D eigenvalue weighted by atomic mass is 32.1. The van der Waals surface area contributed by atoms with Crippen molar-refractivity contribution in [2.45, 2.75) is 12.8 Å². The molecule has 0 spiro atoms. The molecule has 1 N–H and O–H groups in total. The number of aromatic nitrogens is 2. The van der Waals surface area contributed by atoms with Gasteiger partial charge in [0.05, 0.1) is 4.88 Å². The molecule has 118 valence electrons. The van der Waals surface area contributed by atoms with Crippen LogP contribution in [0.4, 0.5) is 5.95 Å². The van der Waals surface area contributed by atoms with Crippen LogP contribution in [0, 0.1) is 0 Å². The van der Waals surface area contributed by atoms with E-state index in [-0.39, 0.29) is 10.7 Å². The Morgan fingerprint density at radius 2 is 1.78 bits per heavy atom. The van der Waals surface area contributed by atoms with E-state index in [1.165, 1.54) is 31.1 Å². The second-order valence-electron chi connectivity index (χ2n) is 5.18. The summed E-state index contributed by atoms with van der Waals surface area (Å²) in [5.74, 6) is -0.537. The minimum absolute atomic E-state index is 0.153. The summed E-state index contributed by atoms with van der Waals surface area (Å²) in [4.78, 5) is 34.1. The van der Waals surface area contributed by atoms with Gasteiger partial charge >= 0.3 is 5.97 Å². The van der Waals surface area contributed by atoms with Gasteiger partial charge in [0.2, 0.25) is 5.95 Å². The van der Waals surface area contributed by atoms with Gasteiger partial charge in [0.15, 0.2) is 5.78 Å². The van der Waals surface area contributed by atoms with Gasteiger partial charge in [-0.2, -0.15) is 0 Å². The molecule has 0 saturated carbocycles. The average molecular weight is 329 g/mol. The molecule has 1 fully saturated rings. The van der Waals surface area contributed by atoms with Crippen molar-refractivity contribution in [1.29, 1.82) is 0 Å². The Morgan fingerprint density at radius 1 is 1.13 bits per heavy atom. The van der Waals surface area contributed by atoms with Crippen LogP contribution in [-0.2, 0) is 0 Å². The van der Waals surface area contributed by atoms with E-state index in [9.17, 15) is 9.59 Å². The van der Waals surface area contributed by atoms with Crippen LogP contribution in [0.1, 0.15) is 37.7 Å². The monoisotopic (exact) mass is 329 g/mol. The van der Waals surface area contributed by atoms with Gasteiger partial charge in [0.1, 0.15) is 4.88 Å². The zero-order chi connectivity index (χ0) is 16.2. The van der Waals surface area contributed by atoms with Gasteiger partial charge in [-0.05, 0) is 37.1 Å². The third-order valence-corrected chi connectivity index (χ3v) is 4.62. The first-order valence-electron chi connectivity index (χ1n) is 7.26. The summed E-state index contributed by atoms with van der Waals surface area (Å²) in [5.41, 5.74) is 0.733. The zero-order valence-corrected chi connectivity index (χ0v) is 13.1. The van der Waals surface area contributed by atoms with Gasteiger partial charge in [-0.15, -0.1) is 11.3 Å². The largest absolute Gasteiger partial charge is 0.477 e. The molecule has 1 aliphatic heterocycles. The topological polar surface area (TPSA) is 83.4 Å². The van der Waals surface area contributed by atoms with Gasteiger partial charge in [-0.25, -0.2) is 14.8 Å². The lowest BCUT2D eigenvalue weighted by molar-refractivity contribution is 0.0702. The smallest absolute Gasteiger partial charge is 0.345 e. The number of hydrogen-bond acceptors (Lipinski definition) is 6. The molecule has 6 nitrogen and oxygen atoms in total. The van der Waals surface area contributed by atoms with Crippen molar-refractivity contribution in [3.63, 3.8) is 0 Å². The summed E-state index contributed by atoms with van der Waals surface area (Å²) in [6, 6.07) is 2.95. The number of anilines is 1. The SMILES string of the molecule is O=C(O)c1ccc(C(=O)C=Cc2cnc(N3CCCC3)nc2)s1. The summed E-state index contributed by atoms with van der Waals surface area (Å²) in [6.45, 7) is 1.97. The maximum absolute atomic E-state index is 12.0. The molecule has 0 aromatic carbocycles. The van der Waals surface area contributed by atoms with Crippen LogP contribution in [0.25, 0.3) is 6.08 Å². The molecule has 0 amide bonds. The Hall–Kier alpha value is -2.54. The van der Waals surface area contributed by atoms with Gasteiger partial charge in [0, 0.05) is 31.0 Å². The number of carbonyl (C=O) groups excluding carboxylic acids is 1. The number of carboxylic acids is 1. The van der Waals surface area contributed by atoms with Gasteiger partial charge in [0.25, 0.3) is 0 Å². The molecule has 2 aromatic rings. The third kappa shape index (κ3) is 3.62. The van der Waals surface area contributed by atoms with Crippen molar-refractivity contribution >= 4 is 35.1 Å². The number of carboxylic acid groups (broad SMARTS) is 1. The molecule has 0 atom stereocenters. The second-order valence-corrected chi connectivity index (χ2v) is 6.26. The highest BCUT2D eigenvalue weighted by Gasteiger charge is 2.14. The molecular weight excluding hydrogens is 314 g/mol. The number of nitrogens with zero attached hydrogens (tertiary/aromatic N) is 3. The molecule has 3 heterocycles. The molecule has 7 heteroatoms. The minimum Gasteiger partial charge on any atom is -0.477 e. The Bertz CT molecular complexity index is 746. The zero-order valence-electron chi connectivity index (χ0n) is 12.3. The maximum atomic E-state index is 12.0. The van der Waals surface area contributed by atoms with E-state index in [1.54, 1.807) is 18.5 Å². The second kappa shape index (κ2) is 6.70. The summed E-state index contributed by atoms with van der Waals surface area (Å²) in [5, 5.41) is 8.86. The molecule has 0 radical (unpaired) electrons. The van der Waals surface area contributed by atoms with Crippen molar-refractivity contribution in [1.82, 2.24) is 9.97 Å². The Morgan fingerprint density at radius 3 is 2.39 bits per heavy atom. The summed E-state index contributed by atoms with van der Waals surface area (Å²) >= 11 is 0.965. The summed E-state index contributed by atoms with van der Waals surface area (Å²) in [6.07, 6.45) is 8.74. The van der Waals surface area contributed by atoms with Gasteiger partial charge < -0.3 is 10.0 Å². The number of ketones is 1.